The molecule has 0 aromatic carbocycles. The van der Waals surface area contributed by atoms with Crippen LogP contribution in [0.2, 0.25) is 18.1 Å². The summed E-state index contributed by atoms with van der Waals surface area (Å²) in [5, 5.41) is 20.1. The van der Waals surface area contributed by atoms with Crippen LogP contribution in [0.25, 0.3) is 0 Å². The van der Waals surface area contributed by atoms with Crippen molar-refractivity contribution in [3.63, 3.8) is 0 Å². The van der Waals surface area contributed by atoms with Crippen LogP contribution in [-0.4, -0.2) is 62.1 Å². The standard InChI is InChI=1S/C15H26O6Si/c1-14(2,3)22(4,5)21-9-10-8-15(19-6-7-20-15)13(18)12(17)11(10)16/h8,12-13,17-18H,6-7,9H2,1-5H3. The van der Waals surface area contributed by atoms with Gasteiger partial charge in [-0.25, -0.2) is 0 Å². The average molecular weight is 330 g/mol. The first-order chi connectivity index (χ1) is 10.0. The fourth-order valence-corrected chi connectivity index (χ4v) is 3.19. The summed E-state index contributed by atoms with van der Waals surface area (Å²) >= 11 is 0. The Balaban J connectivity index is 2.20. The molecule has 0 bridgehead atoms. The van der Waals surface area contributed by atoms with Gasteiger partial charge in [-0.15, -0.1) is 0 Å². The highest BCUT2D eigenvalue weighted by molar-refractivity contribution is 6.74. The third-order valence-electron chi connectivity index (χ3n) is 4.81. The molecule has 2 unspecified atom stereocenters. The molecule has 1 aliphatic heterocycles. The lowest BCUT2D eigenvalue weighted by molar-refractivity contribution is -0.215. The van der Waals surface area contributed by atoms with Crippen molar-refractivity contribution in [2.75, 3.05) is 19.8 Å². The molecular formula is C15H26O6Si. The first-order valence-corrected chi connectivity index (χ1v) is 10.4. The van der Waals surface area contributed by atoms with E-state index in [1.54, 1.807) is 0 Å². The molecule has 2 N–H and O–H groups in total. The predicted octanol–water partition coefficient (Wildman–Crippen LogP) is 0.982. The average Bonchev–Trinajstić information content (AvgIpc) is 2.88. The molecule has 2 aliphatic rings. The van der Waals surface area contributed by atoms with Crippen molar-refractivity contribution in [2.45, 2.75) is 56.9 Å². The van der Waals surface area contributed by atoms with Crippen LogP contribution in [0.4, 0.5) is 0 Å². The van der Waals surface area contributed by atoms with E-state index in [4.69, 9.17) is 13.9 Å². The van der Waals surface area contributed by atoms with Gasteiger partial charge < -0.3 is 24.1 Å². The van der Waals surface area contributed by atoms with Gasteiger partial charge in [0.05, 0.1) is 19.8 Å². The largest absolute Gasteiger partial charge is 0.412 e. The van der Waals surface area contributed by atoms with Gasteiger partial charge in [0, 0.05) is 5.57 Å². The number of carbonyl (C=O) groups excluding carboxylic acids is 1. The van der Waals surface area contributed by atoms with Gasteiger partial charge in [0.1, 0.15) is 12.2 Å². The Hall–Kier alpha value is -0.573. The Morgan fingerprint density at radius 3 is 2.36 bits per heavy atom. The van der Waals surface area contributed by atoms with Crippen LogP contribution in [0, 0.1) is 0 Å². The first kappa shape index (κ1) is 17.8. The molecule has 126 valence electrons. The summed E-state index contributed by atoms with van der Waals surface area (Å²) in [6.45, 7) is 11.2. The van der Waals surface area contributed by atoms with Crippen LogP contribution in [0.15, 0.2) is 11.6 Å². The molecule has 0 aromatic heterocycles. The molecule has 2 atom stereocenters. The summed E-state index contributed by atoms with van der Waals surface area (Å²) in [7, 11) is -2.03. The smallest absolute Gasteiger partial charge is 0.218 e. The molecule has 1 aliphatic carbocycles. The van der Waals surface area contributed by atoms with Crippen molar-refractivity contribution in [1.29, 1.82) is 0 Å². The molecule has 1 spiro atoms. The van der Waals surface area contributed by atoms with E-state index in [1.165, 1.54) is 6.08 Å². The van der Waals surface area contributed by atoms with Gasteiger partial charge in [0.25, 0.3) is 0 Å². The topological polar surface area (TPSA) is 85.2 Å². The van der Waals surface area contributed by atoms with Crippen LogP contribution in [0.5, 0.6) is 0 Å². The molecule has 7 heteroatoms. The van der Waals surface area contributed by atoms with E-state index in [-0.39, 0.29) is 11.6 Å². The summed E-state index contributed by atoms with van der Waals surface area (Å²) in [6.07, 6.45) is -1.51. The molecule has 1 heterocycles. The molecular weight excluding hydrogens is 304 g/mol. The molecule has 1 fully saturated rings. The maximum Gasteiger partial charge on any atom is 0.218 e. The SMILES string of the molecule is CC(C)(C)[Si](C)(C)OCC1=CC2(OCCO2)C(O)C(O)C1=O. The van der Waals surface area contributed by atoms with Crippen molar-refractivity contribution in [3.8, 4) is 0 Å². The second-order valence-electron chi connectivity index (χ2n) is 7.39. The van der Waals surface area contributed by atoms with Crippen molar-refractivity contribution in [1.82, 2.24) is 0 Å². The summed E-state index contributed by atoms with van der Waals surface area (Å²) < 4.78 is 16.9. The number of Topliss-reactive ketones (excluding diaryl/α,β-unsaturated/α-hetero) is 1. The van der Waals surface area contributed by atoms with Crippen molar-refractivity contribution >= 4 is 14.1 Å². The maximum atomic E-state index is 12.2. The van der Waals surface area contributed by atoms with Crippen molar-refractivity contribution in [3.05, 3.63) is 11.6 Å². The minimum Gasteiger partial charge on any atom is -0.412 e. The number of rotatable bonds is 3. The third-order valence-corrected chi connectivity index (χ3v) is 9.28. The Labute approximate surface area is 132 Å². The number of ketones is 1. The quantitative estimate of drug-likeness (QED) is 0.751. The van der Waals surface area contributed by atoms with Gasteiger partial charge in [0.15, 0.2) is 14.1 Å². The van der Waals surface area contributed by atoms with E-state index in [9.17, 15) is 15.0 Å². The zero-order chi connectivity index (χ0) is 16.8. The molecule has 0 radical (unpaired) electrons. The minimum atomic E-state index is -2.03. The monoisotopic (exact) mass is 330 g/mol. The van der Waals surface area contributed by atoms with Gasteiger partial charge in [-0.3, -0.25) is 4.79 Å². The van der Waals surface area contributed by atoms with Crippen molar-refractivity contribution < 1.29 is 28.9 Å². The Kier molecular flexibility index (Phi) is 4.69. The Morgan fingerprint density at radius 1 is 1.32 bits per heavy atom. The second-order valence-corrected chi connectivity index (χ2v) is 12.2. The first-order valence-electron chi connectivity index (χ1n) is 7.54. The second kappa shape index (κ2) is 5.81. The summed E-state index contributed by atoms with van der Waals surface area (Å²) in [5.74, 6) is -1.96. The summed E-state index contributed by atoms with van der Waals surface area (Å²) in [5.41, 5.74) is 0.296. The maximum absolute atomic E-state index is 12.2. The third kappa shape index (κ3) is 3.06. The van der Waals surface area contributed by atoms with E-state index >= 15 is 0 Å². The van der Waals surface area contributed by atoms with Crippen LogP contribution in [-0.2, 0) is 18.7 Å². The number of hydrogen-bond acceptors (Lipinski definition) is 6. The zero-order valence-corrected chi connectivity index (χ0v) is 14.9. The Bertz CT molecular complexity index is 473. The summed E-state index contributed by atoms with van der Waals surface area (Å²) in [4.78, 5) is 12.2. The predicted molar refractivity (Wildman–Crippen MR) is 82.9 cm³/mol. The molecule has 0 saturated carbocycles. The molecule has 22 heavy (non-hydrogen) atoms. The molecule has 0 aromatic rings. The lowest BCUT2D eigenvalue weighted by Crippen LogP contribution is -2.56. The van der Waals surface area contributed by atoms with Gasteiger partial charge in [-0.1, -0.05) is 20.8 Å². The fourth-order valence-electron chi connectivity index (χ4n) is 2.24. The highest BCUT2D eigenvalue weighted by Gasteiger charge is 2.52. The van der Waals surface area contributed by atoms with Crippen LogP contribution in [0.1, 0.15) is 20.8 Å². The highest BCUT2D eigenvalue weighted by Crippen LogP contribution is 2.38. The minimum absolute atomic E-state index is 0.0153. The van der Waals surface area contributed by atoms with Crippen molar-refractivity contribution in [2.24, 2.45) is 0 Å². The van der Waals surface area contributed by atoms with E-state index in [0.29, 0.717) is 18.8 Å². The van der Waals surface area contributed by atoms with Gasteiger partial charge in [0.2, 0.25) is 5.79 Å². The molecule has 2 rings (SSSR count). The van der Waals surface area contributed by atoms with Crippen LogP contribution in [0.3, 0.4) is 0 Å². The van der Waals surface area contributed by atoms with Crippen LogP contribution >= 0.6 is 0 Å². The highest BCUT2D eigenvalue weighted by atomic mass is 28.4. The number of ether oxygens (including phenoxy) is 2. The summed E-state index contributed by atoms with van der Waals surface area (Å²) in [6, 6.07) is 0. The number of aliphatic hydroxyl groups excluding tert-OH is 2. The zero-order valence-electron chi connectivity index (χ0n) is 13.9. The van der Waals surface area contributed by atoms with E-state index < -0.39 is 32.1 Å². The number of hydrogen-bond donors (Lipinski definition) is 2. The molecule has 0 amide bonds. The van der Waals surface area contributed by atoms with E-state index in [0.717, 1.165) is 0 Å². The Morgan fingerprint density at radius 2 is 1.86 bits per heavy atom. The fraction of sp³-hybridized carbons (Fsp3) is 0.800. The molecule has 1 saturated heterocycles. The molecule has 6 nitrogen and oxygen atoms in total. The number of carbonyl (C=O) groups is 1. The van der Waals surface area contributed by atoms with Crippen LogP contribution < -0.4 is 0 Å². The van der Waals surface area contributed by atoms with E-state index in [2.05, 4.69) is 33.9 Å². The lowest BCUT2D eigenvalue weighted by Gasteiger charge is -2.39. The van der Waals surface area contributed by atoms with Gasteiger partial charge in [-0.2, -0.15) is 0 Å². The number of aliphatic hydroxyl groups is 2. The van der Waals surface area contributed by atoms with E-state index in [1.807, 2.05) is 0 Å². The lowest BCUT2D eigenvalue weighted by atomic mass is 9.88. The normalized spacial score (nSPS) is 29.0. The van der Waals surface area contributed by atoms with Gasteiger partial charge in [-0.05, 0) is 24.2 Å². The van der Waals surface area contributed by atoms with Gasteiger partial charge >= 0.3 is 0 Å².